The summed E-state index contributed by atoms with van der Waals surface area (Å²) in [5, 5.41) is 15.1. The Hall–Kier alpha value is -2.04. The van der Waals surface area contributed by atoms with Crippen molar-refractivity contribution < 1.29 is 14.7 Å². The Balaban J connectivity index is 1.68. The van der Waals surface area contributed by atoms with Crippen LogP contribution in [0.15, 0.2) is 23.4 Å². The lowest BCUT2D eigenvalue weighted by molar-refractivity contribution is -0.123. The molecule has 1 aromatic carbocycles. The van der Waals surface area contributed by atoms with Gasteiger partial charge in [-0.15, -0.1) is 0 Å². The van der Waals surface area contributed by atoms with Gasteiger partial charge in [-0.05, 0) is 31.7 Å². The van der Waals surface area contributed by atoms with Crippen LogP contribution in [0.4, 0.5) is 0 Å². The van der Waals surface area contributed by atoms with Gasteiger partial charge in [0.2, 0.25) is 0 Å². The summed E-state index contributed by atoms with van der Waals surface area (Å²) in [7, 11) is 0. The molecule has 2 aliphatic carbocycles. The van der Waals surface area contributed by atoms with Crippen molar-refractivity contribution in [2.24, 2.45) is 5.16 Å². The number of amides is 1. The van der Waals surface area contributed by atoms with E-state index in [9.17, 15) is 4.79 Å². The van der Waals surface area contributed by atoms with E-state index in [-0.39, 0.29) is 12.5 Å². The number of fused-ring (bicyclic) bond motifs is 1. The Morgan fingerprint density at radius 1 is 1.42 bits per heavy atom. The Morgan fingerprint density at radius 2 is 2.26 bits per heavy atom. The molecule has 0 unspecified atom stereocenters. The van der Waals surface area contributed by atoms with Crippen molar-refractivity contribution in [1.82, 2.24) is 5.32 Å². The molecule has 0 spiro atoms. The summed E-state index contributed by atoms with van der Waals surface area (Å²) >= 11 is 0. The van der Waals surface area contributed by atoms with E-state index in [0.29, 0.717) is 23.9 Å². The topological polar surface area (TPSA) is 70.9 Å². The number of nitrogens with one attached hydrogen (secondary N) is 1. The Kier molecular flexibility index (Phi) is 3.11. The Labute approximate surface area is 111 Å². The zero-order valence-corrected chi connectivity index (χ0v) is 10.6. The summed E-state index contributed by atoms with van der Waals surface area (Å²) in [4.78, 5) is 11.6. The van der Waals surface area contributed by atoms with Crippen LogP contribution in [0.2, 0.25) is 0 Å². The van der Waals surface area contributed by atoms with Crippen molar-refractivity contribution in [3.63, 3.8) is 0 Å². The van der Waals surface area contributed by atoms with Crippen molar-refractivity contribution >= 4 is 11.6 Å². The van der Waals surface area contributed by atoms with Gasteiger partial charge in [-0.1, -0.05) is 17.3 Å². The fraction of sp³-hybridized carbons (Fsp3) is 0.429. The number of benzene rings is 1. The second kappa shape index (κ2) is 4.91. The second-order valence-electron chi connectivity index (χ2n) is 4.96. The summed E-state index contributed by atoms with van der Waals surface area (Å²) < 4.78 is 5.58. The van der Waals surface area contributed by atoms with Crippen molar-refractivity contribution in [2.75, 3.05) is 6.61 Å². The average Bonchev–Trinajstić information content (AvgIpc) is 3.12. The Bertz CT molecular complexity index is 535. The third-order valence-electron chi connectivity index (χ3n) is 3.48. The minimum atomic E-state index is -0.0749. The predicted octanol–water partition coefficient (Wildman–Crippen LogP) is 1.47. The Morgan fingerprint density at radius 3 is 3.00 bits per heavy atom. The molecule has 0 radical (unpaired) electrons. The van der Waals surface area contributed by atoms with E-state index >= 15 is 0 Å². The normalized spacial score (nSPS) is 19.3. The average molecular weight is 260 g/mol. The van der Waals surface area contributed by atoms with Crippen LogP contribution in [0.5, 0.6) is 5.75 Å². The lowest BCUT2D eigenvalue weighted by atomic mass is 10.1. The van der Waals surface area contributed by atoms with E-state index in [2.05, 4.69) is 10.5 Å². The van der Waals surface area contributed by atoms with Crippen LogP contribution in [-0.4, -0.2) is 29.5 Å². The van der Waals surface area contributed by atoms with E-state index < -0.39 is 0 Å². The highest BCUT2D eigenvalue weighted by Crippen LogP contribution is 2.30. The summed E-state index contributed by atoms with van der Waals surface area (Å²) in [6.07, 6.45) is 3.64. The minimum Gasteiger partial charge on any atom is -0.483 e. The summed E-state index contributed by atoms with van der Waals surface area (Å²) in [6.45, 7) is 0.0402. The van der Waals surface area contributed by atoms with Crippen LogP contribution in [-0.2, 0) is 11.2 Å². The maximum absolute atomic E-state index is 11.6. The number of ether oxygens (including phenoxy) is 1. The molecule has 2 N–H and O–H groups in total. The lowest BCUT2D eigenvalue weighted by Gasteiger charge is -2.10. The number of carbonyl (C=O) groups is 1. The molecule has 100 valence electrons. The van der Waals surface area contributed by atoms with Crippen LogP contribution in [0.3, 0.4) is 0 Å². The third kappa shape index (κ3) is 2.54. The maximum Gasteiger partial charge on any atom is 0.258 e. The summed E-state index contributed by atoms with van der Waals surface area (Å²) in [6, 6.07) is 5.97. The standard InChI is InChI=1S/C14H16N2O3/c17-14(15-9-4-5-9)8-19-13-3-1-2-10-11(13)6-7-12(10)16-18/h1-3,9,18H,4-8H2,(H,15,17). The number of hydrogen-bond acceptors (Lipinski definition) is 4. The molecule has 0 heterocycles. The number of hydrogen-bond donors (Lipinski definition) is 2. The van der Waals surface area contributed by atoms with Gasteiger partial charge in [0.15, 0.2) is 6.61 Å². The maximum atomic E-state index is 11.6. The molecule has 3 rings (SSSR count). The first-order valence-electron chi connectivity index (χ1n) is 6.53. The molecule has 2 aliphatic rings. The van der Waals surface area contributed by atoms with Gasteiger partial charge in [-0.2, -0.15) is 0 Å². The number of oxime groups is 1. The van der Waals surface area contributed by atoms with Gasteiger partial charge in [0.1, 0.15) is 5.75 Å². The van der Waals surface area contributed by atoms with Crippen molar-refractivity contribution in [3.8, 4) is 5.75 Å². The molecule has 0 atom stereocenters. The van der Waals surface area contributed by atoms with Crippen molar-refractivity contribution in [3.05, 3.63) is 29.3 Å². The highest BCUT2D eigenvalue weighted by molar-refractivity contribution is 6.04. The largest absolute Gasteiger partial charge is 0.483 e. The molecular formula is C14H16N2O3. The van der Waals surface area contributed by atoms with Gasteiger partial charge in [-0.25, -0.2) is 0 Å². The van der Waals surface area contributed by atoms with Gasteiger partial charge in [0, 0.05) is 17.2 Å². The molecule has 0 aromatic heterocycles. The second-order valence-corrected chi connectivity index (χ2v) is 4.96. The first-order chi connectivity index (χ1) is 9.28. The fourth-order valence-corrected chi connectivity index (χ4v) is 2.35. The zero-order chi connectivity index (χ0) is 13.2. The lowest BCUT2D eigenvalue weighted by Crippen LogP contribution is -2.30. The van der Waals surface area contributed by atoms with Crippen LogP contribution in [0.25, 0.3) is 0 Å². The zero-order valence-electron chi connectivity index (χ0n) is 10.6. The van der Waals surface area contributed by atoms with Gasteiger partial charge >= 0.3 is 0 Å². The molecule has 19 heavy (non-hydrogen) atoms. The van der Waals surface area contributed by atoms with E-state index in [1.165, 1.54) is 0 Å². The summed E-state index contributed by atoms with van der Waals surface area (Å²) in [5.74, 6) is 0.635. The van der Waals surface area contributed by atoms with E-state index in [4.69, 9.17) is 9.94 Å². The molecular weight excluding hydrogens is 244 g/mol. The predicted molar refractivity (Wildman–Crippen MR) is 69.7 cm³/mol. The molecule has 0 aliphatic heterocycles. The molecule has 0 bridgehead atoms. The first kappa shape index (κ1) is 12.0. The molecule has 1 saturated carbocycles. The molecule has 1 fully saturated rings. The van der Waals surface area contributed by atoms with Gasteiger partial charge in [-0.3, -0.25) is 4.79 Å². The van der Waals surface area contributed by atoms with Crippen LogP contribution >= 0.6 is 0 Å². The van der Waals surface area contributed by atoms with E-state index in [1.807, 2.05) is 18.2 Å². The highest BCUT2D eigenvalue weighted by atomic mass is 16.5. The van der Waals surface area contributed by atoms with E-state index in [1.54, 1.807) is 0 Å². The number of nitrogens with zero attached hydrogens (tertiary/aromatic N) is 1. The molecule has 1 aromatic rings. The fourth-order valence-electron chi connectivity index (χ4n) is 2.35. The minimum absolute atomic E-state index is 0.0402. The third-order valence-corrected chi connectivity index (χ3v) is 3.48. The van der Waals surface area contributed by atoms with Gasteiger partial charge in [0.25, 0.3) is 5.91 Å². The number of carbonyl (C=O) groups excluding carboxylic acids is 1. The molecule has 5 heteroatoms. The summed E-state index contributed by atoms with van der Waals surface area (Å²) in [5.41, 5.74) is 2.63. The smallest absolute Gasteiger partial charge is 0.258 e. The van der Waals surface area contributed by atoms with E-state index in [0.717, 1.165) is 30.4 Å². The SMILES string of the molecule is O=C(COc1cccc2c1CCC2=NO)NC1CC1. The number of rotatable bonds is 4. The van der Waals surface area contributed by atoms with Crippen molar-refractivity contribution in [2.45, 2.75) is 31.7 Å². The van der Waals surface area contributed by atoms with Gasteiger partial charge in [0.05, 0.1) is 5.71 Å². The van der Waals surface area contributed by atoms with Gasteiger partial charge < -0.3 is 15.3 Å². The van der Waals surface area contributed by atoms with Crippen LogP contribution < -0.4 is 10.1 Å². The molecule has 5 nitrogen and oxygen atoms in total. The van der Waals surface area contributed by atoms with Crippen LogP contribution in [0.1, 0.15) is 30.4 Å². The molecule has 1 amide bonds. The van der Waals surface area contributed by atoms with Crippen LogP contribution in [0, 0.1) is 0 Å². The van der Waals surface area contributed by atoms with Crippen molar-refractivity contribution in [1.29, 1.82) is 0 Å². The highest BCUT2D eigenvalue weighted by Gasteiger charge is 2.24. The molecule has 0 saturated heterocycles. The monoisotopic (exact) mass is 260 g/mol. The first-order valence-corrected chi connectivity index (χ1v) is 6.53. The quantitative estimate of drug-likeness (QED) is 0.636.